The molecule has 2 heterocycles. The molecular formula is C25H26Cl2F3N5O2. The molecule has 5 rings (SSSR count). The van der Waals surface area contributed by atoms with Crippen LogP contribution in [0, 0.1) is 0 Å². The van der Waals surface area contributed by atoms with Crippen molar-refractivity contribution in [2.45, 2.75) is 75.4 Å². The van der Waals surface area contributed by atoms with Gasteiger partial charge in [0.05, 0.1) is 23.2 Å². The molecule has 1 amide bonds. The number of nitrogens with one attached hydrogen (secondary N) is 2. The average Bonchev–Trinajstić information content (AvgIpc) is 3.49. The maximum Gasteiger partial charge on any atom is 0.433 e. The first-order valence-corrected chi connectivity index (χ1v) is 12.9. The second-order valence-corrected chi connectivity index (χ2v) is 10.8. The molecule has 3 aromatic rings. The summed E-state index contributed by atoms with van der Waals surface area (Å²) in [6.45, 7) is 0.277. The molecule has 12 heteroatoms. The summed E-state index contributed by atoms with van der Waals surface area (Å²) in [6.07, 6.45) is 2.01. The van der Waals surface area contributed by atoms with Crippen LogP contribution in [0.1, 0.15) is 61.0 Å². The van der Waals surface area contributed by atoms with Crippen LogP contribution in [-0.4, -0.2) is 43.5 Å². The quantitative estimate of drug-likeness (QED) is 0.333. The number of benzene rings is 1. The summed E-state index contributed by atoms with van der Waals surface area (Å²) >= 11 is 12.3. The van der Waals surface area contributed by atoms with Gasteiger partial charge in [-0.15, -0.1) is 0 Å². The third-order valence-electron chi connectivity index (χ3n) is 6.92. The van der Waals surface area contributed by atoms with Gasteiger partial charge in [-0.25, -0.2) is 4.98 Å². The highest BCUT2D eigenvalue weighted by Gasteiger charge is 2.41. The predicted molar refractivity (Wildman–Crippen MR) is 135 cm³/mol. The summed E-state index contributed by atoms with van der Waals surface area (Å²) < 4.78 is 42.0. The number of fused-ring (bicyclic) bond motifs is 1. The number of pyridine rings is 1. The van der Waals surface area contributed by atoms with E-state index in [0.717, 1.165) is 31.7 Å². The fourth-order valence-corrected chi connectivity index (χ4v) is 5.21. The van der Waals surface area contributed by atoms with Crippen LogP contribution in [0.4, 0.5) is 18.9 Å². The number of hydrogen-bond acceptors (Lipinski definition) is 5. The summed E-state index contributed by atoms with van der Waals surface area (Å²) in [6, 6.07) is 5.20. The van der Waals surface area contributed by atoms with Crippen LogP contribution in [0.3, 0.4) is 0 Å². The highest BCUT2D eigenvalue weighted by atomic mass is 35.5. The van der Waals surface area contributed by atoms with E-state index >= 15 is 0 Å². The molecule has 2 atom stereocenters. The van der Waals surface area contributed by atoms with Crippen LogP contribution in [0.5, 0.6) is 0 Å². The monoisotopic (exact) mass is 555 g/mol. The van der Waals surface area contributed by atoms with E-state index in [1.807, 2.05) is 0 Å². The standard InChI is InChI=1S/C25H26Cl2F3N5O2/c26-14-5-6-19-17(9-14)20(11-21(33-19)25(28,29)30)31-15-3-1-2-4-16(10-15)32-23(36)18-12-35(34-22(18)27)13-24(37)7-8-24/h5-6,9,11-12,15-16,37H,1-4,7-8,10,13H2,(H,31,33)(H,32,36)/t15-,16-/m0/s1. The van der Waals surface area contributed by atoms with Crippen molar-refractivity contribution in [1.29, 1.82) is 0 Å². The summed E-state index contributed by atoms with van der Waals surface area (Å²) in [7, 11) is 0. The van der Waals surface area contributed by atoms with Gasteiger partial charge in [0.2, 0.25) is 0 Å². The molecule has 3 N–H and O–H groups in total. The maximum atomic E-state index is 13.5. The van der Waals surface area contributed by atoms with Crippen molar-refractivity contribution >= 4 is 45.7 Å². The van der Waals surface area contributed by atoms with Crippen LogP contribution in [0.2, 0.25) is 10.2 Å². The van der Waals surface area contributed by atoms with E-state index in [9.17, 15) is 23.1 Å². The zero-order chi connectivity index (χ0) is 26.4. The van der Waals surface area contributed by atoms with Gasteiger partial charge >= 0.3 is 6.18 Å². The smallest absolute Gasteiger partial charge is 0.388 e. The maximum absolute atomic E-state index is 13.5. The number of aliphatic hydroxyl groups is 1. The van der Waals surface area contributed by atoms with E-state index in [-0.39, 0.29) is 40.8 Å². The Bertz CT molecular complexity index is 1330. The molecule has 0 aliphatic heterocycles. The summed E-state index contributed by atoms with van der Waals surface area (Å²) in [5, 5.41) is 21.5. The average molecular weight is 556 g/mol. The first-order chi connectivity index (χ1) is 17.5. The number of nitrogens with zero attached hydrogens (tertiary/aromatic N) is 3. The lowest BCUT2D eigenvalue weighted by Crippen LogP contribution is -2.38. The zero-order valence-corrected chi connectivity index (χ0v) is 21.3. The molecule has 7 nitrogen and oxygen atoms in total. The molecule has 2 aromatic heterocycles. The van der Waals surface area contributed by atoms with E-state index in [1.165, 1.54) is 23.0 Å². The first kappa shape index (κ1) is 26.1. The molecule has 0 unspecified atom stereocenters. The first-order valence-electron chi connectivity index (χ1n) is 12.2. The Morgan fingerprint density at radius 1 is 1.16 bits per heavy atom. The number of carbonyl (C=O) groups excluding carboxylic acids is 1. The van der Waals surface area contributed by atoms with Gasteiger partial charge in [-0.2, -0.15) is 18.3 Å². The largest absolute Gasteiger partial charge is 0.433 e. The fraction of sp³-hybridized carbons (Fsp3) is 0.480. The van der Waals surface area contributed by atoms with Gasteiger partial charge in [-0.05, 0) is 56.4 Å². The summed E-state index contributed by atoms with van der Waals surface area (Å²) in [5.74, 6) is -0.370. The van der Waals surface area contributed by atoms with Gasteiger partial charge in [0, 0.05) is 34.4 Å². The van der Waals surface area contributed by atoms with Crippen molar-refractivity contribution in [2.75, 3.05) is 5.32 Å². The van der Waals surface area contributed by atoms with Crippen molar-refractivity contribution in [1.82, 2.24) is 20.1 Å². The van der Waals surface area contributed by atoms with Gasteiger partial charge in [0.15, 0.2) is 5.15 Å². The number of anilines is 1. The van der Waals surface area contributed by atoms with Gasteiger partial charge in [0.1, 0.15) is 5.69 Å². The molecule has 2 aliphatic rings. The predicted octanol–water partition coefficient (Wildman–Crippen LogP) is 5.83. The Balaban J connectivity index is 1.32. The number of carbonyl (C=O) groups is 1. The van der Waals surface area contributed by atoms with Crippen molar-refractivity contribution in [2.24, 2.45) is 0 Å². The molecule has 2 saturated carbocycles. The summed E-state index contributed by atoms with van der Waals surface area (Å²) in [4.78, 5) is 16.8. The normalized spacial score (nSPS) is 21.5. The number of hydrogen-bond donors (Lipinski definition) is 3. The molecule has 37 heavy (non-hydrogen) atoms. The Morgan fingerprint density at radius 3 is 2.59 bits per heavy atom. The lowest BCUT2D eigenvalue weighted by Gasteiger charge is -2.24. The van der Waals surface area contributed by atoms with Crippen molar-refractivity contribution < 1.29 is 23.1 Å². The van der Waals surface area contributed by atoms with Gasteiger partial charge in [-0.3, -0.25) is 9.48 Å². The lowest BCUT2D eigenvalue weighted by molar-refractivity contribution is -0.140. The minimum Gasteiger partial charge on any atom is -0.388 e. The second-order valence-electron chi connectivity index (χ2n) is 10.0. The highest BCUT2D eigenvalue weighted by Crippen LogP contribution is 2.37. The molecule has 2 aliphatic carbocycles. The van der Waals surface area contributed by atoms with Crippen LogP contribution in [0.25, 0.3) is 10.9 Å². The molecule has 1 aromatic carbocycles. The van der Waals surface area contributed by atoms with Crippen molar-refractivity contribution in [3.63, 3.8) is 0 Å². The molecule has 2 fully saturated rings. The Kier molecular flexibility index (Phi) is 7.02. The minimum atomic E-state index is -4.59. The van der Waals surface area contributed by atoms with E-state index in [1.54, 1.807) is 6.07 Å². The van der Waals surface area contributed by atoms with Gasteiger partial charge in [0.25, 0.3) is 5.91 Å². The highest BCUT2D eigenvalue weighted by molar-refractivity contribution is 6.32. The molecule has 0 bridgehead atoms. The number of halogens is 5. The van der Waals surface area contributed by atoms with Crippen LogP contribution in [0.15, 0.2) is 30.5 Å². The Hall–Kier alpha value is -2.56. The topological polar surface area (TPSA) is 92.1 Å². The van der Waals surface area contributed by atoms with Crippen molar-refractivity contribution in [3.05, 3.63) is 51.9 Å². The van der Waals surface area contributed by atoms with Gasteiger partial charge < -0.3 is 15.7 Å². The third kappa shape index (κ3) is 6.13. The molecule has 198 valence electrons. The van der Waals surface area contributed by atoms with Crippen LogP contribution in [-0.2, 0) is 12.7 Å². The Labute approximate surface area is 221 Å². The third-order valence-corrected chi connectivity index (χ3v) is 7.44. The van der Waals surface area contributed by atoms with E-state index in [4.69, 9.17) is 23.2 Å². The molecular weight excluding hydrogens is 530 g/mol. The zero-order valence-electron chi connectivity index (χ0n) is 19.8. The molecule has 0 saturated heterocycles. The number of aromatic nitrogens is 3. The van der Waals surface area contributed by atoms with E-state index < -0.39 is 17.5 Å². The van der Waals surface area contributed by atoms with Gasteiger partial charge in [-0.1, -0.05) is 36.0 Å². The summed E-state index contributed by atoms with van der Waals surface area (Å²) in [5.41, 5.74) is -1.03. The van der Waals surface area contributed by atoms with E-state index in [2.05, 4.69) is 20.7 Å². The molecule has 0 radical (unpaired) electrons. The van der Waals surface area contributed by atoms with Crippen LogP contribution >= 0.6 is 23.2 Å². The lowest BCUT2D eigenvalue weighted by atomic mass is 10.0. The minimum absolute atomic E-state index is 0.0601. The fourth-order valence-electron chi connectivity index (χ4n) is 4.80. The van der Waals surface area contributed by atoms with Crippen LogP contribution < -0.4 is 10.6 Å². The SMILES string of the molecule is O=C(N[C@H]1CCCC[C@H](Nc2cc(C(F)(F)F)nc3ccc(Cl)cc23)C1)c1cn(CC2(O)CC2)nc1Cl. The Morgan fingerprint density at radius 2 is 1.89 bits per heavy atom. The van der Waals surface area contributed by atoms with Crippen molar-refractivity contribution in [3.8, 4) is 0 Å². The molecule has 0 spiro atoms. The van der Waals surface area contributed by atoms with E-state index in [0.29, 0.717) is 35.4 Å². The number of alkyl halides is 3. The second kappa shape index (κ2) is 9.96. The number of rotatable bonds is 6. The number of amides is 1.